The van der Waals surface area contributed by atoms with Crippen molar-refractivity contribution in [2.45, 2.75) is 65.7 Å². The summed E-state index contributed by atoms with van der Waals surface area (Å²) in [5.74, 6) is 3.96. The van der Waals surface area contributed by atoms with Crippen molar-refractivity contribution in [1.82, 2.24) is 0 Å². The highest BCUT2D eigenvalue weighted by Gasteiger charge is 2.58. The molecule has 2 heteroatoms. The molecule has 23 heavy (non-hydrogen) atoms. The molecule has 0 saturated heterocycles. The number of rotatable bonds is 1. The SMILES string of the molecule is CC(=O)OC1=CCC2C3CCC4C=CCC[C@]4(C)C3CC[C@]12C. The maximum atomic E-state index is 11.5. The number of esters is 1. The molecule has 2 fully saturated rings. The number of ether oxygens (including phenoxy) is 1. The largest absolute Gasteiger partial charge is 0.431 e. The van der Waals surface area contributed by atoms with Crippen molar-refractivity contribution in [3.8, 4) is 0 Å². The maximum Gasteiger partial charge on any atom is 0.307 e. The first-order chi connectivity index (χ1) is 10.9. The summed E-state index contributed by atoms with van der Waals surface area (Å²) in [6, 6.07) is 0. The van der Waals surface area contributed by atoms with Gasteiger partial charge in [-0.05, 0) is 80.1 Å². The topological polar surface area (TPSA) is 26.3 Å². The van der Waals surface area contributed by atoms with E-state index in [0.717, 1.165) is 29.9 Å². The Kier molecular flexibility index (Phi) is 3.52. The molecule has 0 spiro atoms. The van der Waals surface area contributed by atoms with E-state index in [0.29, 0.717) is 11.3 Å². The molecule has 0 aromatic carbocycles. The third-order valence-electron chi connectivity index (χ3n) is 7.92. The molecule has 0 aliphatic heterocycles. The van der Waals surface area contributed by atoms with Crippen molar-refractivity contribution in [3.63, 3.8) is 0 Å². The third-order valence-corrected chi connectivity index (χ3v) is 7.92. The van der Waals surface area contributed by atoms with Crippen molar-refractivity contribution in [3.05, 3.63) is 24.0 Å². The van der Waals surface area contributed by atoms with Gasteiger partial charge in [0.05, 0.1) is 0 Å². The van der Waals surface area contributed by atoms with Gasteiger partial charge in [0.15, 0.2) is 0 Å². The highest BCUT2D eigenvalue weighted by atomic mass is 16.5. The van der Waals surface area contributed by atoms with E-state index in [1.54, 1.807) is 0 Å². The molecule has 0 amide bonds. The van der Waals surface area contributed by atoms with Crippen LogP contribution in [0.15, 0.2) is 24.0 Å². The van der Waals surface area contributed by atoms with Gasteiger partial charge in [0.1, 0.15) is 5.76 Å². The molecule has 0 N–H and O–H groups in total. The predicted octanol–water partition coefficient (Wildman–Crippen LogP) is 5.25. The Labute approximate surface area is 140 Å². The van der Waals surface area contributed by atoms with Crippen LogP contribution in [0.5, 0.6) is 0 Å². The highest BCUT2D eigenvalue weighted by Crippen LogP contribution is 2.65. The molecule has 126 valence electrons. The predicted molar refractivity (Wildman–Crippen MR) is 91.5 cm³/mol. The van der Waals surface area contributed by atoms with Crippen molar-refractivity contribution in [2.75, 3.05) is 0 Å². The molecule has 0 bridgehead atoms. The van der Waals surface area contributed by atoms with E-state index in [4.69, 9.17) is 4.74 Å². The molecule has 4 rings (SSSR count). The van der Waals surface area contributed by atoms with Crippen LogP contribution in [-0.2, 0) is 9.53 Å². The van der Waals surface area contributed by atoms with E-state index in [2.05, 4.69) is 32.1 Å². The quantitative estimate of drug-likeness (QED) is 0.488. The van der Waals surface area contributed by atoms with Gasteiger partial charge in [-0.25, -0.2) is 0 Å². The number of hydrogen-bond acceptors (Lipinski definition) is 2. The first-order valence-corrected chi connectivity index (χ1v) is 9.51. The van der Waals surface area contributed by atoms with Gasteiger partial charge in [-0.2, -0.15) is 0 Å². The van der Waals surface area contributed by atoms with E-state index < -0.39 is 0 Å². The molecular formula is C21H30O2. The first kappa shape index (κ1) is 15.5. The summed E-state index contributed by atoms with van der Waals surface area (Å²) in [6.45, 7) is 6.45. The fraction of sp³-hybridized carbons (Fsp3) is 0.762. The summed E-state index contributed by atoms with van der Waals surface area (Å²) in [5.41, 5.74) is 0.601. The van der Waals surface area contributed by atoms with E-state index >= 15 is 0 Å². The van der Waals surface area contributed by atoms with Crippen LogP contribution in [0, 0.1) is 34.5 Å². The normalized spacial score (nSPS) is 48.0. The van der Waals surface area contributed by atoms with Crippen LogP contribution in [-0.4, -0.2) is 5.97 Å². The van der Waals surface area contributed by atoms with Gasteiger partial charge >= 0.3 is 5.97 Å². The molecule has 6 atom stereocenters. The van der Waals surface area contributed by atoms with Gasteiger partial charge in [-0.3, -0.25) is 4.79 Å². The van der Waals surface area contributed by atoms with Gasteiger partial charge in [0, 0.05) is 12.3 Å². The number of carbonyl (C=O) groups excluding carboxylic acids is 1. The molecule has 0 heterocycles. The lowest BCUT2D eigenvalue weighted by atomic mass is 9.46. The Morgan fingerprint density at radius 2 is 2.00 bits per heavy atom. The Bertz CT molecular complexity index is 574. The second-order valence-electron chi connectivity index (χ2n) is 8.89. The van der Waals surface area contributed by atoms with Crippen molar-refractivity contribution in [1.29, 1.82) is 0 Å². The van der Waals surface area contributed by atoms with Crippen LogP contribution < -0.4 is 0 Å². The van der Waals surface area contributed by atoms with Crippen LogP contribution in [0.25, 0.3) is 0 Å². The number of carbonyl (C=O) groups is 1. The van der Waals surface area contributed by atoms with Crippen LogP contribution in [0.4, 0.5) is 0 Å². The Morgan fingerprint density at radius 1 is 1.17 bits per heavy atom. The average molecular weight is 314 g/mol. The van der Waals surface area contributed by atoms with Crippen LogP contribution >= 0.6 is 0 Å². The molecule has 2 saturated carbocycles. The zero-order valence-electron chi connectivity index (χ0n) is 14.8. The zero-order chi connectivity index (χ0) is 16.2. The van der Waals surface area contributed by atoms with E-state index in [-0.39, 0.29) is 11.4 Å². The molecular weight excluding hydrogens is 284 g/mol. The standard InChI is InChI=1S/C21H30O2/c1-14(22)23-19-10-9-17-16-8-7-15-6-4-5-12-20(15,2)18(16)11-13-21(17,19)3/h4,6,10,15-18H,5,7-9,11-13H2,1-3H3/t15?,16?,17?,18?,20-,21-/m0/s1. The number of fused-ring (bicyclic) bond motifs is 5. The van der Waals surface area contributed by atoms with Gasteiger partial charge in [0.2, 0.25) is 0 Å². The second-order valence-corrected chi connectivity index (χ2v) is 8.89. The van der Waals surface area contributed by atoms with Gasteiger partial charge in [0.25, 0.3) is 0 Å². The summed E-state index contributed by atoms with van der Waals surface area (Å²) in [6.07, 6.45) is 16.1. The fourth-order valence-corrected chi connectivity index (χ4v) is 6.67. The summed E-state index contributed by atoms with van der Waals surface area (Å²) in [5, 5.41) is 0. The van der Waals surface area contributed by atoms with Gasteiger partial charge < -0.3 is 4.74 Å². The summed E-state index contributed by atoms with van der Waals surface area (Å²) in [7, 11) is 0. The zero-order valence-corrected chi connectivity index (χ0v) is 14.8. The summed E-state index contributed by atoms with van der Waals surface area (Å²) >= 11 is 0. The minimum Gasteiger partial charge on any atom is -0.431 e. The smallest absolute Gasteiger partial charge is 0.307 e. The minimum atomic E-state index is -0.159. The van der Waals surface area contributed by atoms with Crippen LogP contribution in [0.2, 0.25) is 0 Å². The minimum absolute atomic E-state index is 0.0978. The fourth-order valence-electron chi connectivity index (χ4n) is 6.67. The molecule has 4 aliphatic carbocycles. The molecule has 0 aromatic rings. The van der Waals surface area contributed by atoms with Crippen molar-refractivity contribution in [2.24, 2.45) is 34.5 Å². The lowest BCUT2D eigenvalue weighted by molar-refractivity contribution is -0.141. The van der Waals surface area contributed by atoms with E-state index in [1.165, 1.54) is 45.4 Å². The lowest BCUT2D eigenvalue weighted by Gasteiger charge is -2.59. The van der Waals surface area contributed by atoms with Gasteiger partial charge in [-0.1, -0.05) is 26.0 Å². The molecule has 4 aliphatic rings. The monoisotopic (exact) mass is 314 g/mol. The van der Waals surface area contributed by atoms with E-state index in [9.17, 15) is 4.79 Å². The first-order valence-electron chi connectivity index (χ1n) is 9.51. The molecule has 2 nitrogen and oxygen atoms in total. The maximum absolute atomic E-state index is 11.5. The summed E-state index contributed by atoms with van der Waals surface area (Å²) < 4.78 is 5.61. The average Bonchev–Trinajstić information content (AvgIpc) is 2.83. The van der Waals surface area contributed by atoms with Crippen LogP contribution in [0.1, 0.15) is 65.7 Å². The van der Waals surface area contributed by atoms with E-state index in [1.807, 2.05) is 0 Å². The van der Waals surface area contributed by atoms with Crippen LogP contribution in [0.3, 0.4) is 0 Å². The molecule has 0 radical (unpaired) electrons. The lowest BCUT2D eigenvalue weighted by Crippen LogP contribution is -2.51. The Morgan fingerprint density at radius 3 is 2.78 bits per heavy atom. The number of hydrogen-bond donors (Lipinski definition) is 0. The number of allylic oxidation sites excluding steroid dienone is 4. The van der Waals surface area contributed by atoms with Gasteiger partial charge in [-0.15, -0.1) is 0 Å². The third kappa shape index (κ3) is 2.16. The molecule has 0 aromatic heterocycles. The summed E-state index contributed by atoms with van der Waals surface area (Å²) in [4.78, 5) is 11.5. The van der Waals surface area contributed by atoms with Crippen molar-refractivity contribution < 1.29 is 9.53 Å². The highest BCUT2D eigenvalue weighted by molar-refractivity contribution is 5.67. The molecule has 4 unspecified atom stereocenters. The Balaban J connectivity index is 1.61. The van der Waals surface area contributed by atoms with Crippen molar-refractivity contribution >= 4 is 5.97 Å². The Hall–Kier alpha value is -1.05. The second kappa shape index (κ2) is 5.22.